The SMILES string of the molecule is CCC(C)c1c(S(=O)(=O)N2CCC(OC)CC2)ccc2c1ncn2C. The van der Waals surface area contributed by atoms with Crippen molar-refractivity contribution < 1.29 is 13.2 Å². The summed E-state index contributed by atoms with van der Waals surface area (Å²) in [6.45, 7) is 5.15. The quantitative estimate of drug-likeness (QED) is 0.817. The second kappa shape index (κ2) is 7.05. The number of hydrogen-bond acceptors (Lipinski definition) is 4. The summed E-state index contributed by atoms with van der Waals surface area (Å²) >= 11 is 0. The molecule has 1 atom stereocenters. The number of aromatic nitrogens is 2. The van der Waals surface area contributed by atoms with Gasteiger partial charge in [0.15, 0.2) is 0 Å². The lowest BCUT2D eigenvalue weighted by Gasteiger charge is -2.31. The smallest absolute Gasteiger partial charge is 0.243 e. The van der Waals surface area contributed by atoms with Gasteiger partial charge in [-0.1, -0.05) is 13.8 Å². The molecule has 1 fully saturated rings. The van der Waals surface area contributed by atoms with Crippen molar-refractivity contribution in [3.05, 3.63) is 24.0 Å². The second-order valence-electron chi connectivity index (χ2n) is 6.85. The summed E-state index contributed by atoms with van der Waals surface area (Å²) in [7, 11) is 0.0822. The van der Waals surface area contributed by atoms with Crippen molar-refractivity contribution in [2.24, 2.45) is 7.05 Å². The molecule has 2 heterocycles. The summed E-state index contributed by atoms with van der Waals surface area (Å²) in [4.78, 5) is 4.90. The van der Waals surface area contributed by atoms with Gasteiger partial charge in [0, 0.05) is 32.8 Å². The molecule has 1 saturated heterocycles. The summed E-state index contributed by atoms with van der Waals surface area (Å²) in [6, 6.07) is 3.62. The Kier molecular flexibility index (Phi) is 5.18. The third-order valence-corrected chi connectivity index (χ3v) is 7.31. The first kappa shape index (κ1) is 18.4. The number of benzene rings is 1. The molecule has 1 aliphatic rings. The molecule has 6 nitrogen and oxygen atoms in total. The Hall–Kier alpha value is -1.44. The maximum atomic E-state index is 13.3. The zero-order valence-electron chi connectivity index (χ0n) is 15.4. The summed E-state index contributed by atoms with van der Waals surface area (Å²) in [5.41, 5.74) is 2.60. The van der Waals surface area contributed by atoms with Crippen LogP contribution in [0.25, 0.3) is 11.0 Å². The van der Waals surface area contributed by atoms with E-state index in [1.165, 1.54) is 0 Å². The summed E-state index contributed by atoms with van der Waals surface area (Å²) < 4.78 is 35.5. The van der Waals surface area contributed by atoms with E-state index < -0.39 is 10.0 Å². The number of hydrogen-bond donors (Lipinski definition) is 0. The second-order valence-corrected chi connectivity index (χ2v) is 8.76. The van der Waals surface area contributed by atoms with Crippen LogP contribution in [0.4, 0.5) is 0 Å². The minimum Gasteiger partial charge on any atom is -0.381 e. The molecule has 1 aliphatic heterocycles. The first-order valence-corrected chi connectivity index (χ1v) is 10.3. The zero-order chi connectivity index (χ0) is 18.2. The lowest BCUT2D eigenvalue weighted by Crippen LogP contribution is -2.40. The molecule has 25 heavy (non-hydrogen) atoms. The highest BCUT2D eigenvalue weighted by Crippen LogP contribution is 2.35. The number of methoxy groups -OCH3 is 1. The average Bonchev–Trinajstić information content (AvgIpc) is 3.01. The maximum absolute atomic E-state index is 13.3. The molecule has 0 spiro atoms. The van der Waals surface area contributed by atoms with Gasteiger partial charge in [0.1, 0.15) is 0 Å². The van der Waals surface area contributed by atoms with Crippen LogP contribution in [0.2, 0.25) is 0 Å². The Morgan fingerprint density at radius 3 is 2.60 bits per heavy atom. The van der Waals surface area contributed by atoms with Crippen molar-refractivity contribution in [1.82, 2.24) is 13.9 Å². The predicted octanol–water partition coefficient (Wildman–Crippen LogP) is 2.89. The molecule has 0 bridgehead atoms. The Balaban J connectivity index is 2.08. The van der Waals surface area contributed by atoms with E-state index in [1.807, 2.05) is 17.7 Å². The highest BCUT2D eigenvalue weighted by molar-refractivity contribution is 7.89. The third kappa shape index (κ3) is 3.20. The first-order chi connectivity index (χ1) is 11.9. The monoisotopic (exact) mass is 365 g/mol. The van der Waals surface area contributed by atoms with Crippen molar-refractivity contribution in [2.45, 2.75) is 50.0 Å². The van der Waals surface area contributed by atoms with Crippen molar-refractivity contribution in [3.8, 4) is 0 Å². The van der Waals surface area contributed by atoms with E-state index in [0.717, 1.165) is 35.9 Å². The van der Waals surface area contributed by atoms with Crippen LogP contribution in [-0.2, 0) is 21.8 Å². The lowest BCUT2D eigenvalue weighted by atomic mass is 9.97. The molecule has 7 heteroatoms. The molecule has 0 amide bonds. The minimum absolute atomic E-state index is 0.125. The third-order valence-electron chi connectivity index (χ3n) is 5.35. The molecule has 2 aromatic rings. The molecule has 0 aliphatic carbocycles. The zero-order valence-corrected chi connectivity index (χ0v) is 16.2. The van der Waals surface area contributed by atoms with E-state index in [-0.39, 0.29) is 12.0 Å². The van der Waals surface area contributed by atoms with E-state index in [4.69, 9.17) is 4.74 Å². The van der Waals surface area contributed by atoms with Crippen LogP contribution in [0.5, 0.6) is 0 Å². The predicted molar refractivity (Wildman–Crippen MR) is 98.2 cm³/mol. The van der Waals surface area contributed by atoms with E-state index in [1.54, 1.807) is 23.8 Å². The largest absolute Gasteiger partial charge is 0.381 e. The van der Waals surface area contributed by atoms with Gasteiger partial charge in [0.2, 0.25) is 10.0 Å². The Morgan fingerprint density at radius 2 is 2.00 bits per heavy atom. The van der Waals surface area contributed by atoms with Gasteiger partial charge in [0.05, 0.1) is 28.4 Å². The van der Waals surface area contributed by atoms with Gasteiger partial charge in [-0.2, -0.15) is 4.31 Å². The number of ether oxygens (including phenoxy) is 1. The van der Waals surface area contributed by atoms with Crippen LogP contribution in [-0.4, -0.2) is 48.6 Å². The van der Waals surface area contributed by atoms with Crippen LogP contribution in [0, 0.1) is 0 Å². The first-order valence-electron chi connectivity index (χ1n) is 8.87. The molecule has 1 aromatic carbocycles. The van der Waals surface area contributed by atoms with E-state index in [9.17, 15) is 8.42 Å². The van der Waals surface area contributed by atoms with E-state index in [0.29, 0.717) is 18.0 Å². The number of nitrogens with zero attached hydrogens (tertiary/aromatic N) is 3. The van der Waals surface area contributed by atoms with Gasteiger partial charge >= 0.3 is 0 Å². The standard InChI is InChI=1S/C18H27N3O3S/c1-5-13(2)17-16(7-6-15-18(17)19-12-20(15)3)25(22,23)21-10-8-14(24-4)9-11-21/h6-7,12-14H,5,8-11H2,1-4H3. The van der Waals surface area contributed by atoms with Gasteiger partial charge in [-0.15, -0.1) is 0 Å². The van der Waals surface area contributed by atoms with Crippen LogP contribution < -0.4 is 0 Å². The lowest BCUT2D eigenvalue weighted by molar-refractivity contribution is 0.0604. The number of piperidine rings is 1. The van der Waals surface area contributed by atoms with Gasteiger partial charge < -0.3 is 9.30 Å². The fourth-order valence-corrected chi connectivity index (χ4v) is 5.34. The number of rotatable bonds is 5. The van der Waals surface area contributed by atoms with Gasteiger partial charge in [-0.3, -0.25) is 0 Å². The molecular weight excluding hydrogens is 338 g/mol. The summed E-state index contributed by atoms with van der Waals surface area (Å²) in [6.07, 6.45) is 4.24. The minimum atomic E-state index is -3.53. The molecule has 3 rings (SSSR count). The van der Waals surface area contributed by atoms with Crippen molar-refractivity contribution in [1.29, 1.82) is 0 Å². The number of imidazole rings is 1. The highest BCUT2D eigenvalue weighted by Gasteiger charge is 2.33. The fourth-order valence-electron chi connectivity index (χ4n) is 3.56. The molecule has 0 saturated carbocycles. The Bertz CT molecular complexity index is 852. The maximum Gasteiger partial charge on any atom is 0.243 e. The van der Waals surface area contributed by atoms with Crippen molar-refractivity contribution in [2.75, 3.05) is 20.2 Å². The number of aryl methyl sites for hydroxylation is 1. The van der Waals surface area contributed by atoms with E-state index in [2.05, 4.69) is 18.8 Å². The number of fused-ring (bicyclic) bond motifs is 1. The average molecular weight is 365 g/mol. The summed E-state index contributed by atoms with van der Waals surface area (Å²) in [5.74, 6) is 0.125. The Morgan fingerprint density at radius 1 is 1.32 bits per heavy atom. The highest BCUT2D eigenvalue weighted by atomic mass is 32.2. The fraction of sp³-hybridized carbons (Fsp3) is 0.611. The molecule has 0 radical (unpaired) electrons. The normalized spacial score (nSPS) is 18.7. The van der Waals surface area contributed by atoms with Crippen molar-refractivity contribution >= 4 is 21.1 Å². The molecule has 1 unspecified atom stereocenters. The van der Waals surface area contributed by atoms with E-state index >= 15 is 0 Å². The molecular formula is C18H27N3O3S. The van der Waals surface area contributed by atoms with Gasteiger partial charge in [0.25, 0.3) is 0 Å². The van der Waals surface area contributed by atoms with Crippen LogP contribution in [0.1, 0.15) is 44.6 Å². The van der Waals surface area contributed by atoms with Crippen LogP contribution in [0.3, 0.4) is 0 Å². The Labute approximate surface area is 149 Å². The van der Waals surface area contributed by atoms with Crippen LogP contribution in [0.15, 0.2) is 23.4 Å². The van der Waals surface area contributed by atoms with Gasteiger partial charge in [-0.05, 0) is 37.3 Å². The molecule has 0 N–H and O–H groups in total. The molecule has 138 valence electrons. The van der Waals surface area contributed by atoms with Gasteiger partial charge in [-0.25, -0.2) is 13.4 Å². The topological polar surface area (TPSA) is 64.4 Å². The number of sulfonamides is 1. The van der Waals surface area contributed by atoms with Crippen molar-refractivity contribution in [3.63, 3.8) is 0 Å². The summed E-state index contributed by atoms with van der Waals surface area (Å²) in [5, 5.41) is 0. The molecule has 1 aromatic heterocycles. The van der Waals surface area contributed by atoms with Crippen LogP contribution >= 0.6 is 0 Å².